The van der Waals surface area contributed by atoms with Gasteiger partial charge in [0.05, 0.1) is 0 Å². The number of hydrogen-bond acceptors (Lipinski definition) is 5. The van der Waals surface area contributed by atoms with Crippen molar-refractivity contribution in [3.05, 3.63) is 0 Å². The molecule has 2 atom stereocenters. The monoisotopic (exact) mass is 217 g/mol. The molecule has 0 aliphatic carbocycles. The predicted molar refractivity (Wildman–Crippen MR) is 65.7 cm³/mol. The minimum absolute atomic E-state index is 0.398. The maximum absolute atomic E-state index is 5.60. The highest BCUT2D eigenvalue weighted by molar-refractivity contribution is 4.81. The van der Waals surface area contributed by atoms with E-state index in [4.69, 9.17) is 17.2 Å². The molecule has 0 amide bonds. The Bertz CT molecular complexity index is 131. The van der Waals surface area contributed by atoms with E-state index in [9.17, 15) is 0 Å². The van der Waals surface area contributed by atoms with Gasteiger partial charge in [-0.25, -0.2) is 0 Å². The van der Waals surface area contributed by atoms with Crippen LogP contribution in [-0.2, 0) is 0 Å². The van der Waals surface area contributed by atoms with E-state index in [1.807, 2.05) is 0 Å². The fourth-order valence-electron chi connectivity index (χ4n) is 1.73. The van der Waals surface area contributed by atoms with Gasteiger partial charge in [-0.15, -0.1) is 0 Å². The molecule has 0 rings (SSSR count). The number of nitrogens with one attached hydrogen (secondary N) is 2. The van der Waals surface area contributed by atoms with Crippen molar-refractivity contribution in [1.29, 1.82) is 0 Å². The van der Waals surface area contributed by atoms with Crippen LogP contribution in [-0.4, -0.2) is 44.8 Å². The van der Waals surface area contributed by atoms with Gasteiger partial charge in [-0.2, -0.15) is 0 Å². The Morgan fingerprint density at radius 2 is 1.40 bits per heavy atom. The van der Waals surface area contributed by atoms with Crippen molar-refractivity contribution >= 4 is 0 Å². The van der Waals surface area contributed by atoms with E-state index in [0.717, 1.165) is 25.9 Å². The van der Waals surface area contributed by atoms with Crippen LogP contribution in [0.3, 0.4) is 0 Å². The third kappa shape index (κ3) is 6.81. The van der Waals surface area contributed by atoms with Gasteiger partial charge in [-0.05, 0) is 19.4 Å². The van der Waals surface area contributed by atoms with Crippen molar-refractivity contribution in [2.24, 2.45) is 17.2 Å². The Morgan fingerprint density at radius 3 is 1.80 bits per heavy atom. The van der Waals surface area contributed by atoms with Crippen LogP contribution >= 0.6 is 0 Å². The van der Waals surface area contributed by atoms with Gasteiger partial charge in [0.15, 0.2) is 0 Å². The topological polar surface area (TPSA) is 102 Å². The summed E-state index contributed by atoms with van der Waals surface area (Å²) >= 11 is 0. The summed E-state index contributed by atoms with van der Waals surface area (Å²) in [5.74, 6) is 0. The number of rotatable bonds is 10. The first-order valence-corrected chi connectivity index (χ1v) is 5.87. The van der Waals surface area contributed by atoms with Gasteiger partial charge in [0.2, 0.25) is 0 Å². The molecule has 0 bridgehead atoms. The van der Waals surface area contributed by atoms with E-state index in [2.05, 4.69) is 17.6 Å². The fraction of sp³-hybridized carbons (Fsp3) is 1.00. The first kappa shape index (κ1) is 14.8. The Labute approximate surface area is 93.1 Å². The van der Waals surface area contributed by atoms with Gasteiger partial charge in [-0.1, -0.05) is 6.92 Å². The lowest BCUT2D eigenvalue weighted by Gasteiger charge is -2.28. The Morgan fingerprint density at radius 1 is 0.867 bits per heavy atom. The standard InChI is InChI=1S/C10H27N5/c1-2-9(14-7-5-12)10(3-4-11)15-8-6-13/h9-10,14-15H,2-8,11-13H2,1H3. The lowest BCUT2D eigenvalue weighted by molar-refractivity contribution is 0.351. The third-order valence-corrected chi connectivity index (χ3v) is 2.50. The van der Waals surface area contributed by atoms with E-state index in [0.29, 0.717) is 31.7 Å². The average molecular weight is 217 g/mol. The second kappa shape index (κ2) is 10.3. The zero-order chi connectivity index (χ0) is 11.5. The Hall–Kier alpha value is -0.200. The van der Waals surface area contributed by atoms with Crippen LogP contribution in [0, 0.1) is 0 Å². The van der Waals surface area contributed by atoms with Crippen LogP contribution in [0.15, 0.2) is 0 Å². The summed E-state index contributed by atoms with van der Waals surface area (Å²) in [5.41, 5.74) is 16.6. The third-order valence-electron chi connectivity index (χ3n) is 2.50. The van der Waals surface area contributed by atoms with E-state index < -0.39 is 0 Å². The lowest BCUT2D eigenvalue weighted by atomic mass is 10.0. The van der Waals surface area contributed by atoms with Crippen LogP contribution in [0.1, 0.15) is 19.8 Å². The summed E-state index contributed by atoms with van der Waals surface area (Å²) in [6.45, 7) is 5.89. The van der Waals surface area contributed by atoms with Crippen molar-refractivity contribution in [3.63, 3.8) is 0 Å². The normalized spacial score (nSPS) is 15.2. The molecule has 0 aliphatic heterocycles. The molecule has 92 valence electrons. The largest absolute Gasteiger partial charge is 0.330 e. The number of hydrogen-bond donors (Lipinski definition) is 5. The molecule has 15 heavy (non-hydrogen) atoms. The second-order valence-corrected chi connectivity index (χ2v) is 3.68. The van der Waals surface area contributed by atoms with Crippen LogP contribution in [0.2, 0.25) is 0 Å². The molecular formula is C10H27N5. The second-order valence-electron chi connectivity index (χ2n) is 3.68. The zero-order valence-electron chi connectivity index (χ0n) is 9.84. The molecular weight excluding hydrogens is 190 g/mol. The van der Waals surface area contributed by atoms with Crippen LogP contribution in [0.4, 0.5) is 0 Å². The molecule has 0 aliphatic rings. The van der Waals surface area contributed by atoms with E-state index in [1.54, 1.807) is 0 Å². The molecule has 0 saturated heterocycles. The van der Waals surface area contributed by atoms with Crippen LogP contribution in [0.25, 0.3) is 0 Å². The summed E-state index contributed by atoms with van der Waals surface area (Å²) in [6.07, 6.45) is 2.04. The van der Waals surface area contributed by atoms with Crippen molar-refractivity contribution in [2.75, 3.05) is 32.7 Å². The zero-order valence-corrected chi connectivity index (χ0v) is 9.84. The lowest BCUT2D eigenvalue weighted by Crippen LogP contribution is -2.50. The van der Waals surface area contributed by atoms with E-state index in [-0.39, 0.29) is 0 Å². The minimum atomic E-state index is 0.398. The van der Waals surface area contributed by atoms with Crippen LogP contribution in [0.5, 0.6) is 0 Å². The summed E-state index contributed by atoms with van der Waals surface area (Å²) in [7, 11) is 0. The molecule has 0 heterocycles. The van der Waals surface area contributed by atoms with Crippen molar-refractivity contribution < 1.29 is 0 Å². The Kier molecular flexibility index (Phi) is 10.2. The molecule has 0 saturated carbocycles. The molecule has 8 N–H and O–H groups in total. The minimum Gasteiger partial charge on any atom is -0.330 e. The van der Waals surface area contributed by atoms with Crippen molar-refractivity contribution in [2.45, 2.75) is 31.8 Å². The Balaban J connectivity index is 4.00. The molecule has 0 aromatic heterocycles. The molecule has 0 fully saturated rings. The van der Waals surface area contributed by atoms with Gasteiger partial charge in [-0.3, -0.25) is 0 Å². The molecule has 2 unspecified atom stereocenters. The average Bonchev–Trinajstić information content (AvgIpc) is 2.26. The first-order valence-electron chi connectivity index (χ1n) is 5.87. The molecule has 0 aromatic rings. The summed E-state index contributed by atoms with van der Waals surface area (Å²) < 4.78 is 0. The van der Waals surface area contributed by atoms with Crippen molar-refractivity contribution in [3.8, 4) is 0 Å². The smallest absolute Gasteiger partial charge is 0.0233 e. The molecule has 0 radical (unpaired) electrons. The molecule has 0 spiro atoms. The van der Waals surface area contributed by atoms with Crippen LogP contribution < -0.4 is 27.8 Å². The summed E-state index contributed by atoms with van der Waals surface area (Å²) in [6, 6.07) is 0.832. The highest BCUT2D eigenvalue weighted by atomic mass is 15.0. The SMILES string of the molecule is CCC(NCCN)C(CCN)NCCN. The predicted octanol–water partition coefficient (Wildman–Crippen LogP) is -1.42. The first-order chi connectivity index (χ1) is 7.29. The fourth-order valence-corrected chi connectivity index (χ4v) is 1.73. The quantitative estimate of drug-likeness (QED) is 0.309. The summed E-state index contributed by atoms with van der Waals surface area (Å²) in [5, 5.41) is 6.85. The maximum Gasteiger partial charge on any atom is 0.0233 e. The summed E-state index contributed by atoms with van der Waals surface area (Å²) in [4.78, 5) is 0. The molecule has 5 heteroatoms. The van der Waals surface area contributed by atoms with Crippen molar-refractivity contribution in [1.82, 2.24) is 10.6 Å². The maximum atomic E-state index is 5.60. The van der Waals surface area contributed by atoms with Gasteiger partial charge >= 0.3 is 0 Å². The van der Waals surface area contributed by atoms with E-state index in [1.165, 1.54) is 0 Å². The van der Waals surface area contributed by atoms with Gasteiger partial charge in [0, 0.05) is 38.3 Å². The number of nitrogens with two attached hydrogens (primary N) is 3. The highest BCUT2D eigenvalue weighted by Gasteiger charge is 2.17. The van der Waals surface area contributed by atoms with E-state index >= 15 is 0 Å². The van der Waals surface area contributed by atoms with Gasteiger partial charge in [0.1, 0.15) is 0 Å². The van der Waals surface area contributed by atoms with Gasteiger partial charge < -0.3 is 27.8 Å². The highest BCUT2D eigenvalue weighted by Crippen LogP contribution is 2.02. The molecule has 0 aromatic carbocycles. The van der Waals surface area contributed by atoms with Gasteiger partial charge in [0.25, 0.3) is 0 Å². The molecule has 5 nitrogen and oxygen atoms in total.